The molecule has 1 aromatic rings. The summed E-state index contributed by atoms with van der Waals surface area (Å²) in [5.41, 5.74) is 0.411. The van der Waals surface area contributed by atoms with Crippen molar-refractivity contribution in [1.29, 1.82) is 0 Å². The van der Waals surface area contributed by atoms with Gasteiger partial charge in [0.25, 0.3) is 5.56 Å². The predicted molar refractivity (Wildman–Crippen MR) is 66.7 cm³/mol. The van der Waals surface area contributed by atoms with Crippen LogP contribution in [0.1, 0.15) is 17.6 Å². The van der Waals surface area contributed by atoms with Crippen molar-refractivity contribution in [3.8, 4) is 0 Å². The van der Waals surface area contributed by atoms with Crippen LogP contribution in [0.2, 0.25) is 0 Å². The van der Waals surface area contributed by atoms with Gasteiger partial charge in [0.15, 0.2) is 0 Å². The fraction of sp³-hybridized carbons (Fsp3) is 0.583. The molecule has 2 rings (SSSR count). The fourth-order valence-corrected chi connectivity index (χ4v) is 2.01. The first-order chi connectivity index (χ1) is 9.10. The number of aromatic amines is 1. The Morgan fingerprint density at radius 2 is 2.47 bits per heavy atom. The molecule has 2 heterocycles. The van der Waals surface area contributed by atoms with E-state index in [-0.39, 0.29) is 18.1 Å². The van der Waals surface area contributed by atoms with E-state index in [1.165, 1.54) is 13.2 Å². The molecule has 1 unspecified atom stereocenters. The number of hydrogen-bond donors (Lipinski definition) is 1. The molecule has 1 amide bonds. The summed E-state index contributed by atoms with van der Waals surface area (Å²) in [5.74, 6) is 0.366. The minimum Gasteiger partial charge on any atom is -0.375 e. The van der Waals surface area contributed by atoms with Crippen LogP contribution in [0.4, 0.5) is 0 Å². The Balaban J connectivity index is 2.12. The second kappa shape index (κ2) is 5.94. The minimum absolute atomic E-state index is 0.0461. The number of aryl methyl sites for hydroxylation is 1. The maximum atomic E-state index is 11.8. The van der Waals surface area contributed by atoms with Gasteiger partial charge in [0.05, 0.1) is 13.2 Å². The molecule has 0 saturated carbocycles. The average molecular weight is 267 g/mol. The number of nitrogens with zero attached hydrogens (tertiary/aromatic N) is 2. The first-order valence-electron chi connectivity index (χ1n) is 6.06. The maximum Gasteiger partial charge on any atom is 0.251 e. The molecule has 7 heteroatoms. The highest BCUT2D eigenvalue weighted by Crippen LogP contribution is 2.18. The standard InChI is InChI=1S/C12H17N3O4/c1-8-5-10(16)14-12(13-8)9-6-15(3-4-19-9)11(17)7-18-2/h5,9H,3-4,6-7H2,1-2H3,(H,13,14,16). The number of carbonyl (C=O) groups excluding carboxylic acids is 1. The molecule has 1 aliphatic rings. The van der Waals surface area contributed by atoms with E-state index in [4.69, 9.17) is 9.47 Å². The number of amides is 1. The molecule has 0 radical (unpaired) electrons. The number of ether oxygens (including phenoxy) is 2. The lowest BCUT2D eigenvalue weighted by Gasteiger charge is -2.32. The Morgan fingerprint density at radius 1 is 1.68 bits per heavy atom. The Kier molecular flexibility index (Phi) is 4.28. The predicted octanol–water partition coefficient (Wildman–Crippen LogP) is -0.375. The lowest BCUT2D eigenvalue weighted by Crippen LogP contribution is -2.44. The maximum absolute atomic E-state index is 11.8. The number of carbonyl (C=O) groups is 1. The highest BCUT2D eigenvalue weighted by atomic mass is 16.5. The van der Waals surface area contributed by atoms with Gasteiger partial charge in [-0.25, -0.2) is 4.98 Å². The van der Waals surface area contributed by atoms with Gasteiger partial charge in [-0.3, -0.25) is 9.59 Å². The third-order valence-corrected chi connectivity index (χ3v) is 2.88. The van der Waals surface area contributed by atoms with Gasteiger partial charge in [0.1, 0.15) is 18.5 Å². The van der Waals surface area contributed by atoms with E-state index in [0.29, 0.717) is 31.2 Å². The van der Waals surface area contributed by atoms with Crippen LogP contribution in [0.5, 0.6) is 0 Å². The summed E-state index contributed by atoms with van der Waals surface area (Å²) in [7, 11) is 1.48. The zero-order chi connectivity index (χ0) is 13.8. The fourth-order valence-electron chi connectivity index (χ4n) is 2.01. The van der Waals surface area contributed by atoms with Crippen molar-refractivity contribution >= 4 is 5.91 Å². The van der Waals surface area contributed by atoms with Crippen LogP contribution < -0.4 is 5.56 Å². The lowest BCUT2D eigenvalue weighted by atomic mass is 10.2. The molecule has 1 aromatic heterocycles. The van der Waals surface area contributed by atoms with Crippen molar-refractivity contribution < 1.29 is 14.3 Å². The number of aromatic nitrogens is 2. The Hall–Kier alpha value is -1.73. The van der Waals surface area contributed by atoms with Crippen LogP contribution in [-0.4, -0.2) is 54.2 Å². The lowest BCUT2D eigenvalue weighted by molar-refractivity contribution is -0.143. The zero-order valence-electron chi connectivity index (χ0n) is 11.0. The number of methoxy groups -OCH3 is 1. The average Bonchev–Trinajstić information content (AvgIpc) is 2.38. The quantitative estimate of drug-likeness (QED) is 0.807. The van der Waals surface area contributed by atoms with Crippen LogP contribution in [0, 0.1) is 6.92 Å². The van der Waals surface area contributed by atoms with Crippen molar-refractivity contribution in [1.82, 2.24) is 14.9 Å². The van der Waals surface area contributed by atoms with Crippen molar-refractivity contribution in [2.24, 2.45) is 0 Å². The van der Waals surface area contributed by atoms with Gasteiger partial charge in [0.2, 0.25) is 5.91 Å². The number of rotatable bonds is 3. The molecule has 0 aliphatic carbocycles. The molecule has 1 saturated heterocycles. The molecule has 1 fully saturated rings. The summed E-state index contributed by atoms with van der Waals surface area (Å²) < 4.78 is 10.4. The van der Waals surface area contributed by atoms with Crippen molar-refractivity contribution in [2.45, 2.75) is 13.0 Å². The summed E-state index contributed by atoms with van der Waals surface area (Å²) in [4.78, 5) is 31.7. The van der Waals surface area contributed by atoms with Crippen LogP contribution in [0.15, 0.2) is 10.9 Å². The smallest absolute Gasteiger partial charge is 0.251 e. The normalized spacial score (nSPS) is 19.5. The number of H-pyrrole nitrogens is 1. The molecular formula is C12H17N3O4. The van der Waals surface area contributed by atoms with Crippen LogP contribution >= 0.6 is 0 Å². The van der Waals surface area contributed by atoms with Gasteiger partial charge in [-0.2, -0.15) is 0 Å². The third-order valence-electron chi connectivity index (χ3n) is 2.88. The Morgan fingerprint density at radius 3 is 3.16 bits per heavy atom. The van der Waals surface area contributed by atoms with E-state index in [2.05, 4.69) is 9.97 Å². The zero-order valence-corrected chi connectivity index (χ0v) is 11.0. The summed E-state index contributed by atoms with van der Waals surface area (Å²) in [5, 5.41) is 0. The minimum atomic E-state index is -0.401. The molecule has 0 spiro atoms. The third kappa shape index (κ3) is 3.39. The molecule has 19 heavy (non-hydrogen) atoms. The largest absolute Gasteiger partial charge is 0.375 e. The first-order valence-corrected chi connectivity index (χ1v) is 6.06. The van der Waals surface area contributed by atoms with Crippen molar-refractivity contribution in [3.05, 3.63) is 27.9 Å². The van der Waals surface area contributed by atoms with Crippen LogP contribution in [0.25, 0.3) is 0 Å². The molecule has 0 bridgehead atoms. The van der Waals surface area contributed by atoms with E-state index in [1.54, 1.807) is 11.8 Å². The van der Waals surface area contributed by atoms with Crippen LogP contribution in [-0.2, 0) is 14.3 Å². The van der Waals surface area contributed by atoms with Gasteiger partial charge < -0.3 is 19.4 Å². The van der Waals surface area contributed by atoms with E-state index < -0.39 is 6.10 Å². The summed E-state index contributed by atoms with van der Waals surface area (Å²) >= 11 is 0. The first kappa shape index (κ1) is 13.7. The monoisotopic (exact) mass is 267 g/mol. The van der Waals surface area contributed by atoms with E-state index in [1.807, 2.05) is 0 Å². The van der Waals surface area contributed by atoms with Crippen molar-refractivity contribution in [2.75, 3.05) is 33.4 Å². The molecule has 1 aliphatic heterocycles. The molecule has 0 aromatic carbocycles. The van der Waals surface area contributed by atoms with Gasteiger partial charge in [0, 0.05) is 25.4 Å². The van der Waals surface area contributed by atoms with E-state index in [0.717, 1.165) is 0 Å². The summed E-state index contributed by atoms with van der Waals surface area (Å²) in [6.45, 7) is 3.10. The topological polar surface area (TPSA) is 84.5 Å². The van der Waals surface area contributed by atoms with Gasteiger partial charge in [-0.15, -0.1) is 0 Å². The van der Waals surface area contributed by atoms with Gasteiger partial charge in [-0.1, -0.05) is 0 Å². The second-order valence-corrected chi connectivity index (χ2v) is 4.40. The molecule has 7 nitrogen and oxygen atoms in total. The summed E-state index contributed by atoms with van der Waals surface area (Å²) in [6.07, 6.45) is -0.401. The Bertz CT molecular complexity index is 514. The molecule has 1 atom stereocenters. The SMILES string of the molecule is COCC(=O)N1CCOC(c2nc(C)cc(=O)[nH]2)C1. The van der Waals surface area contributed by atoms with Crippen molar-refractivity contribution in [3.63, 3.8) is 0 Å². The summed E-state index contributed by atoms with van der Waals surface area (Å²) in [6, 6.07) is 1.42. The highest BCUT2D eigenvalue weighted by Gasteiger charge is 2.26. The number of hydrogen-bond acceptors (Lipinski definition) is 5. The van der Waals surface area contributed by atoms with Crippen LogP contribution in [0.3, 0.4) is 0 Å². The van der Waals surface area contributed by atoms with E-state index >= 15 is 0 Å². The molecular weight excluding hydrogens is 250 g/mol. The molecule has 104 valence electrons. The number of nitrogens with one attached hydrogen (secondary N) is 1. The van der Waals surface area contributed by atoms with E-state index in [9.17, 15) is 9.59 Å². The highest BCUT2D eigenvalue weighted by molar-refractivity contribution is 5.77. The molecule has 1 N–H and O–H groups in total. The van der Waals surface area contributed by atoms with Gasteiger partial charge in [-0.05, 0) is 6.92 Å². The second-order valence-electron chi connectivity index (χ2n) is 4.40. The van der Waals surface area contributed by atoms with Gasteiger partial charge >= 0.3 is 0 Å². The Labute approximate surface area is 110 Å². The number of morpholine rings is 1.